The van der Waals surface area contributed by atoms with Crippen LogP contribution < -0.4 is 0 Å². The highest BCUT2D eigenvalue weighted by atomic mass is 16.6. The fourth-order valence-electron chi connectivity index (χ4n) is 7.13. The molecule has 0 fully saturated rings. The standard InChI is InChI=1S/C48H88O6/c1-3-5-7-9-11-13-21-25-29-33-37-41-45(49)53-47(51)43-39-35-31-27-23-19-17-15-16-18-20-24-28-32-36-40-44-48(52)54-46(50)42-38-34-30-26-22-14-12-10-8-6-4-2/h39,43H,3-38,40-42,44H2,1-2H3. The van der Waals surface area contributed by atoms with E-state index in [-0.39, 0.29) is 11.9 Å². The van der Waals surface area contributed by atoms with Gasteiger partial charge in [-0.3, -0.25) is 14.4 Å². The van der Waals surface area contributed by atoms with Crippen molar-refractivity contribution in [3.8, 4) is 0 Å². The van der Waals surface area contributed by atoms with Crippen LogP contribution in [-0.2, 0) is 28.7 Å². The molecule has 0 N–H and O–H groups in total. The highest BCUT2D eigenvalue weighted by Crippen LogP contribution is 2.16. The van der Waals surface area contributed by atoms with Crippen molar-refractivity contribution in [2.75, 3.05) is 0 Å². The number of esters is 4. The van der Waals surface area contributed by atoms with Crippen LogP contribution in [0.5, 0.6) is 0 Å². The maximum Gasteiger partial charge on any atom is 0.338 e. The molecule has 0 aromatic rings. The first-order valence-corrected chi connectivity index (χ1v) is 23.6. The van der Waals surface area contributed by atoms with E-state index in [4.69, 9.17) is 9.47 Å². The SMILES string of the molecule is CCCCCCCCCCCCCC(=O)OC(=O)C=CCCCCCCCCCCCCCCCCC(=O)OC(=O)CCCCCCCCCCCCC. The first kappa shape index (κ1) is 52.0. The van der Waals surface area contributed by atoms with Gasteiger partial charge in [-0.2, -0.15) is 0 Å². The molecule has 0 aromatic carbocycles. The van der Waals surface area contributed by atoms with Crippen molar-refractivity contribution in [2.24, 2.45) is 0 Å². The predicted molar refractivity (Wildman–Crippen MR) is 227 cm³/mol. The van der Waals surface area contributed by atoms with Crippen molar-refractivity contribution in [3.63, 3.8) is 0 Å². The minimum Gasteiger partial charge on any atom is -0.393 e. The summed E-state index contributed by atoms with van der Waals surface area (Å²) in [6, 6.07) is 0. The van der Waals surface area contributed by atoms with Crippen molar-refractivity contribution >= 4 is 23.9 Å². The summed E-state index contributed by atoms with van der Waals surface area (Å²) in [5, 5.41) is 0. The van der Waals surface area contributed by atoms with Gasteiger partial charge in [0.15, 0.2) is 0 Å². The van der Waals surface area contributed by atoms with E-state index in [1.54, 1.807) is 0 Å². The zero-order valence-corrected chi connectivity index (χ0v) is 35.9. The molecule has 316 valence electrons. The van der Waals surface area contributed by atoms with Gasteiger partial charge in [0.1, 0.15) is 0 Å². The Morgan fingerprint density at radius 2 is 0.556 bits per heavy atom. The average molecular weight is 761 g/mol. The highest BCUT2D eigenvalue weighted by molar-refractivity contribution is 5.91. The molecule has 0 bridgehead atoms. The third-order valence-electron chi connectivity index (χ3n) is 10.7. The second-order valence-electron chi connectivity index (χ2n) is 16.1. The molecule has 0 spiro atoms. The number of hydrogen-bond donors (Lipinski definition) is 0. The Bertz CT molecular complexity index is 880. The van der Waals surface area contributed by atoms with Gasteiger partial charge in [0.2, 0.25) is 0 Å². The number of allylic oxidation sites excluding steroid dienone is 1. The lowest BCUT2D eigenvalue weighted by Crippen LogP contribution is -2.11. The fourth-order valence-corrected chi connectivity index (χ4v) is 7.13. The lowest BCUT2D eigenvalue weighted by atomic mass is 10.0. The Balaban J connectivity index is 3.39. The van der Waals surface area contributed by atoms with Crippen LogP contribution in [0.3, 0.4) is 0 Å². The topological polar surface area (TPSA) is 86.7 Å². The molecule has 54 heavy (non-hydrogen) atoms. The van der Waals surface area contributed by atoms with Crippen molar-refractivity contribution in [1.29, 1.82) is 0 Å². The molecule has 0 unspecified atom stereocenters. The van der Waals surface area contributed by atoms with Crippen molar-refractivity contribution in [2.45, 2.75) is 271 Å². The van der Waals surface area contributed by atoms with E-state index in [2.05, 4.69) is 13.8 Å². The Hall–Kier alpha value is -1.98. The molecule has 0 atom stereocenters. The van der Waals surface area contributed by atoms with Crippen molar-refractivity contribution in [3.05, 3.63) is 12.2 Å². The molecule has 0 aromatic heterocycles. The van der Waals surface area contributed by atoms with Gasteiger partial charge in [-0.05, 0) is 32.1 Å². The highest BCUT2D eigenvalue weighted by Gasteiger charge is 2.10. The molecule has 6 nitrogen and oxygen atoms in total. The summed E-state index contributed by atoms with van der Waals surface area (Å²) in [6.07, 6.45) is 49.1. The lowest BCUT2D eigenvalue weighted by Gasteiger charge is -2.05. The number of rotatable bonds is 42. The largest absolute Gasteiger partial charge is 0.393 e. The Morgan fingerprint density at radius 3 is 0.852 bits per heavy atom. The first-order chi connectivity index (χ1) is 26.5. The maximum atomic E-state index is 12.0. The summed E-state index contributed by atoms with van der Waals surface area (Å²) >= 11 is 0. The van der Waals surface area contributed by atoms with Crippen LogP contribution in [0.4, 0.5) is 0 Å². The molecule has 0 heterocycles. The number of carbonyl (C=O) groups is 4. The summed E-state index contributed by atoms with van der Waals surface area (Å²) in [5.41, 5.74) is 0. The minimum absolute atomic E-state index is 0.336. The van der Waals surface area contributed by atoms with Gasteiger partial charge in [0.05, 0.1) is 0 Å². The first-order valence-electron chi connectivity index (χ1n) is 23.6. The van der Waals surface area contributed by atoms with Gasteiger partial charge < -0.3 is 9.47 Å². The second kappa shape index (κ2) is 43.7. The summed E-state index contributed by atoms with van der Waals surface area (Å²) in [5.74, 6) is -1.62. The normalized spacial score (nSPS) is 11.4. The van der Waals surface area contributed by atoms with E-state index in [1.807, 2.05) is 6.08 Å². The van der Waals surface area contributed by atoms with Gasteiger partial charge in [-0.15, -0.1) is 0 Å². The van der Waals surface area contributed by atoms with Crippen molar-refractivity contribution < 1.29 is 28.7 Å². The average Bonchev–Trinajstić information content (AvgIpc) is 3.15. The van der Waals surface area contributed by atoms with Crippen molar-refractivity contribution in [1.82, 2.24) is 0 Å². The van der Waals surface area contributed by atoms with Gasteiger partial charge in [0, 0.05) is 25.3 Å². The molecule has 6 heteroatoms. The molecular formula is C48H88O6. The summed E-state index contributed by atoms with van der Waals surface area (Å²) < 4.78 is 9.94. The number of hydrogen-bond acceptors (Lipinski definition) is 6. The fraction of sp³-hybridized carbons (Fsp3) is 0.875. The molecule has 0 rings (SSSR count). The Kier molecular flexibility index (Phi) is 42.1. The minimum atomic E-state index is -0.529. The summed E-state index contributed by atoms with van der Waals surface area (Å²) in [4.78, 5) is 47.7. The van der Waals surface area contributed by atoms with Crippen LogP contribution in [0, 0.1) is 0 Å². The summed E-state index contributed by atoms with van der Waals surface area (Å²) in [6.45, 7) is 4.50. The predicted octanol–water partition coefficient (Wildman–Crippen LogP) is 15.3. The van der Waals surface area contributed by atoms with Crippen LogP contribution in [0.1, 0.15) is 271 Å². The Labute approximate surface area is 334 Å². The number of ether oxygens (including phenoxy) is 2. The van der Waals surface area contributed by atoms with Crippen LogP contribution in [0.2, 0.25) is 0 Å². The van der Waals surface area contributed by atoms with E-state index < -0.39 is 11.9 Å². The van der Waals surface area contributed by atoms with E-state index >= 15 is 0 Å². The third-order valence-corrected chi connectivity index (χ3v) is 10.7. The van der Waals surface area contributed by atoms with Gasteiger partial charge in [-0.1, -0.05) is 225 Å². The smallest absolute Gasteiger partial charge is 0.338 e. The second-order valence-corrected chi connectivity index (χ2v) is 16.1. The molecule has 0 aliphatic carbocycles. The molecule has 0 radical (unpaired) electrons. The molecular weight excluding hydrogens is 673 g/mol. The molecule has 0 saturated carbocycles. The monoisotopic (exact) mass is 761 g/mol. The van der Waals surface area contributed by atoms with Crippen LogP contribution in [0.15, 0.2) is 12.2 Å². The van der Waals surface area contributed by atoms with Gasteiger partial charge >= 0.3 is 23.9 Å². The van der Waals surface area contributed by atoms with E-state index in [0.29, 0.717) is 19.3 Å². The molecule has 0 aliphatic heterocycles. The number of unbranched alkanes of at least 4 members (excludes halogenated alkanes) is 34. The molecule has 0 saturated heterocycles. The van der Waals surface area contributed by atoms with Gasteiger partial charge in [-0.25, -0.2) is 4.79 Å². The van der Waals surface area contributed by atoms with E-state index in [1.165, 1.54) is 179 Å². The zero-order valence-electron chi connectivity index (χ0n) is 35.9. The maximum absolute atomic E-state index is 12.0. The van der Waals surface area contributed by atoms with Crippen LogP contribution in [-0.4, -0.2) is 23.9 Å². The summed E-state index contributed by atoms with van der Waals surface area (Å²) in [7, 11) is 0. The Morgan fingerprint density at radius 1 is 0.315 bits per heavy atom. The zero-order chi connectivity index (χ0) is 39.4. The third kappa shape index (κ3) is 42.8. The lowest BCUT2D eigenvalue weighted by molar-refractivity contribution is -0.160. The number of carbonyl (C=O) groups excluding carboxylic acids is 4. The van der Waals surface area contributed by atoms with E-state index in [0.717, 1.165) is 64.2 Å². The molecule has 0 amide bonds. The van der Waals surface area contributed by atoms with Gasteiger partial charge in [0.25, 0.3) is 0 Å². The molecule has 0 aliphatic rings. The quantitative estimate of drug-likeness (QED) is 0.0266. The van der Waals surface area contributed by atoms with E-state index in [9.17, 15) is 19.2 Å². The van der Waals surface area contributed by atoms with Crippen LogP contribution in [0.25, 0.3) is 0 Å². The van der Waals surface area contributed by atoms with Crippen LogP contribution >= 0.6 is 0 Å².